The molecule has 0 fully saturated rings. The molecule has 1 amide bonds. The number of ether oxygens (including phenoxy) is 1. The average molecular weight is 437 g/mol. The second-order valence-corrected chi connectivity index (χ2v) is 6.70. The van der Waals surface area contributed by atoms with Gasteiger partial charge in [0.1, 0.15) is 30.0 Å². The quantitative estimate of drug-likeness (QED) is 0.555. The molecule has 0 aliphatic rings. The molecule has 0 aliphatic heterocycles. The van der Waals surface area contributed by atoms with Crippen LogP contribution in [0.2, 0.25) is 0 Å². The number of hydrogen-bond acceptors (Lipinski definition) is 4. The van der Waals surface area contributed by atoms with Crippen LogP contribution in [-0.4, -0.2) is 40.0 Å². The molecule has 2 N–H and O–H groups in total. The summed E-state index contributed by atoms with van der Waals surface area (Å²) in [6.45, 7) is 1.21. The second-order valence-electron chi connectivity index (χ2n) is 6.70. The second kappa shape index (κ2) is 9.17. The standard InChI is InChI=1S/C21H19F4N3O3/c1-13-17(11-27-28(13)19-5-3-2-4-18(19)22)20(30)26-10-15(29)12-31-16-8-6-14(7-9-16)21(23,24)25/h2-9,11,15,29H,10,12H2,1H3,(H,26,30). The van der Waals surface area contributed by atoms with Crippen LogP contribution in [-0.2, 0) is 6.18 Å². The molecular weight excluding hydrogens is 418 g/mol. The lowest BCUT2D eigenvalue weighted by Crippen LogP contribution is -2.35. The molecule has 0 spiro atoms. The van der Waals surface area contributed by atoms with E-state index in [2.05, 4.69) is 10.4 Å². The minimum Gasteiger partial charge on any atom is -0.491 e. The van der Waals surface area contributed by atoms with Crippen molar-refractivity contribution in [1.82, 2.24) is 15.1 Å². The largest absolute Gasteiger partial charge is 0.491 e. The molecule has 1 heterocycles. The molecule has 6 nitrogen and oxygen atoms in total. The summed E-state index contributed by atoms with van der Waals surface area (Å²) in [6.07, 6.45) is -4.25. The van der Waals surface area contributed by atoms with Crippen LogP contribution in [0.5, 0.6) is 5.75 Å². The Morgan fingerprint density at radius 1 is 1.19 bits per heavy atom. The first-order valence-corrected chi connectivity index (χ1v) is 9.22. The van der Waals surface area contributed by atoms with Gasteiger partial charge in [-0.2, -0.15) is 18.3 Å². The first-order valence-electron chi connectivity index (χ1n) is 9.22. The van der Waals surface area contributed by atoms with Crippen molar-refractivity contribution in [1.29, 1.82) is 0 Å². The number of rotatable bonds is 7. The van der Waals surface area contributed by atoms with Crippen LogP contribution in [0.3, 0.4) is 0 Å². The smallest absolute Gasteiger partial charge is 0.416 e. The number of halogens is 4. The molecule has 0 saturated heterocycles. The van der Waals surface area contributed by atoms with Gasteiger partial charge in [0.25, 0.3) is 5.91 Å². The van der Waals surface area contributed by atoms with Gasteiger partial charge in [-0.15, -0.1) is 0 Å². The van der Waals surface area contributed by atoms with E-state index in [0.29, 0.717) is 5.69 Å². The van der Waals surface area contributed by atoms with Gasteiger partial charge in [-0.3, -0.25) is 4.79 Å². The number of carbonyl (C=O) groups is 1. The van der Waals surface area contributed by atoms with Crippen molar-refractivity contribution in [2.75, 3.05) is 13.2 Å². The minimum absolute atomic E-state index is 0.153. The van der Waals surface area contributed by atoms with Crippen molar-refractivity contribution in [3.05, 3.63) is 77.4 Å². The van der Waals surface area contributed by atoms with Gasteiger partial charge in [0.05, 0.1) is 23.0 Å². The molecule has 31 heavy (non-hydrogen) atoms. The van der Waals surface area contributed by atoms with Crippen molar-refractivity contribution in [2.45, 2.75) is 19.2 Å². The lowest BCUT2D eigenvalue weighted by molar-refractivity contribution is -0.137. The highest BCUT2D eigenvalue weighted by molar-refractivity contribution is 5.95. The Bertz CT molecular complexity index is 1050. The summed E-state index contributed by atoms with van der Waals surface area (Å²) < 4.78 is 58.2. The van der Waals surface area contributed by atoms with E-state index < -0.39 is 29.6 Å². The Kier molecular flexibility index (Phi) is 6.59. The van der Waals surface area contributed by atoms with Crippen LogP contribution in [0, 0.1) is 12.7 Å². The van der Waals surface area contributed by atoms with Crippen molar-refractivity contribution in [3.8, 4) is 11.4 Å². The molecular formula is C21H19F4N3O3. The summed E-state index contributed by atoms with van der Waals surface area (Å²) >= 11 is 0. The maximum Gasteiger partial charge on any atom is 0.416 e. The zero-order chi connectivity index (χ0) is 22.6. The Labute approximate surface area is 175 Å². The lowest BCUT2D eigenvalue weighted by Gasteiger charge is -2.14. The fourth-order valence-corrected chi connectivity index (χ4v) is 2.80. The minimum atomic E-state index is -4.44. The summed E-state index contributed by atoms with van der Waals surface area (Å²) in [5.74, 6) is -0.856. The van der Waals surface area contributed by atoms with Crippen LogP contribution in [0.4, 0.5) is 17.6 Å². The van der Waals surface area contributed by atoms with Crippen molar-refractivity contribution in [3.63, 3.8) is 0 Å². The number of nitrogens with zero attached hydrogens (tertiary/aromatic N) is 2. The number of aliphatic hydroxyl groups is 1. The van der Waals surface area contributed by atoms with Gasteiger partial charge < -0.3 is 15.2 Å². The van der Waals surface area contributed by atoms with E-state index in [1.165, 1.54) is 23.0 Å². The van der Waals surface area contributed by atoms with E-state index in [9.17, 15) is 27.5 Å². The van der Waals surface area contributed by atoms with Gasteiger partial charge in [-0.1, -0.05) is 12.1 Å². The number of hydrogen-bond donors (Lipinski definition) is 2. The Balaban J connectivity index is 1.53. The number of nitrogens with one attached hydrogen (secondary N) is 1. The van der Waals surface area contributed by atoms with Crippen LogP contribution in [0.1, 0.15) is 21.6 Å². The summed E-state index contributed by atoms with van der Waals surface area (Å²) in [6, 6.07) is 10.0. The molecule has 0 saturated carbocycles. The number of amides is 1. The number of carbonyl (C=O) groups excluding carboxylic acids is 1. The van der Waals surface area contributed by atoms with Gasteiger partial charge in [-0.25, -0.2) is 9.07 Å². The molecule has 0 bridgehead atoms. The average Bonchev–Trinajstić information content (AvgIpc) is 3.11. The zero-order valence-corrected chi connectivity index (χ0v) is 16.4. The summed E-state index contributed by atoms with van der Waals surface area (Å²) in [5, 5.41) is 16.6. The normalized spacial score (nSPS) is 12.5. The molecule has 3 aromatic rings. The van der Waals surface area contributed by atoms with Crippen LogP contribution < -0.4 is 10.1 Å². The van der Waals surface area contributed by atoms with E-state index in [-0.39, 0.29) is 30.2 Å². The summed E-state index contributed by atoms with van der Waals surface area (Å²) in [5.41, 5.74) is 0.0141. The highest BCUT2D eigenvalue weighted by Crippen LogP contribution is 2.30. The maximum atomic E-state index is 14.0. The Morgan fingerprint density at radius 2 is 1.87 bits per heavy atom. The molecule has 3 rings (SSSR count). The maximum absolute atomic E-state index is 14.0. The molecule has 10 heteroatoms. The van der Waals surface area contributed by atoms with Crippen LogP contribution in [0.25, 0.3) is 5.69 Å². The molecule has 1 aromatic heterocycles. The van der Waals surface area contributed by atoms with E-state index in [4.69, 9.17) is 4.74 Å². The Morgan fingerprint density at radius 3 is 2.52 bits per heavy atom. The van der Waals surface area contributed by atoms with Crippen molar-refractivity contribution in [2.24, 2.45) is 0 Å². The van der Waals surface area contributed by atoms with Crippen molar-refractivity contribution < 1.29 is 32.2 Å². The van der Waals surface area contributed by atoms with E-state index in [1.54, 1.807) is 19.1 Å². The predicted octanol–water partition coefficient (Wildman–Crippen LogP) is 3.51. The monoisotopic (exact) mass is 437 g/mol. The van der Waals surface area contributed by atoms with Gasteiger partial charge in [0.2, 0.25) is 0 Å². The number of alkyl halides is 3. The first-order chi connectivity index (χ1) is 14.7. The predicted molar refractivity (Wildman–Crippen MR) is 104 cm³/mol. The highest BCUT2D eigenvalue weighted by atomic mass is 19.4. The lowest BCUT2D eigenvalue weighted by atomic mass is 10.2. The summed E-state index contributed by atoms with van der Waals surface area (Å²) in [7, 11) is 0. The van der Waals surface area contributed by atoms with Crippen LogP contribution in [0.15, 0.2) is 54.7 Å². The van der Waals surface area contributed by atoms with Crippen molar-refractivity contribution >= 4 is 5.91 Å². The fourth-order valence-electron chi connectivity index (χ4n) is 2.80. The molecule has 2 aromatic carbocycles. The molecule has 1 atom stereocenters. The van der Waals surface area contributed by atoms with E-state index in [1.807, 2.05) is 0 Å². The summed E-state index contributed by atoms with van der Waals surface area (Å²) in [4.78, 5) is 12.4. The number of benzene rings is 2. The number of para-hydroxylation sites is 1. The van der Waals surface area contributed by atoms with E-state index in [0.717, 1.165) is 24.3 Å². The third kappa shape index (κ3) is 5.40. The number of aliphatic hydroxyl groups excluding tert-OH is 1. The van der Waals surface area contributed by atoms with Crippen LogP contribution >= 0.6 is 0 Å². The molecule has 0 radical (unpaired) electrons. The SMILES string of the molecule is Cc1c(C(=O)NCC(O)COc2ccc(C(F)(F)F)cc2)cnn1-c1ccccc1F. The number of aromatic nitrogens is 2. The molecule has 164 valence electrons. The zero-order valence-electron chi connectivity index (χ0n) is 16.4. The van der Waals surface area contributed by atoms with Gasteiger partial charge in [-0.05, 0) is 43.3 Å². The van der Waals surface area contributed by atoms with Gasteiger partial charge in [0, 0.05) is 6.54 Å². The van der Waals surface area contributed by atoms with Gasteiger partial charge in [0.15, 0.2) is 0 Å². The van der Waals surface area contributed by atoms with Gasteiger partial charge >= 0.3 is 6.18 Å². The van der Waals surface area contributed by atoms with E-state index >= 15 is 0 Å². The first kappa shape index (κ1) is 22.3. The molecule has 1 unspecified atom stereocenters. The molecule has 0 aliphatic carbocycles. The Hall–Kier alpha value is -3.40. The highest BCUT2D eigenvalue weighted by Gasteiger charge is 2.30. The topological polar surface area (TPSA) is 76.4 Å². The third-order valence-electron chi connectivity index (χ3n) is 4.46. The fraction of sp³-hybridized carbons (Fsp3) is 0.238. The third-order valence-corrected chi connectivity index (χ3v) is 4.46.